The second-order valence-electron chi connectivity index (χ2n) is 5.37. The summed E-state index contributed by atoms with van der Waals surface area (Å²) in [6.07, 6.45) is 1.63. The van der Waals surface area contributed by atoms with Crippen LogP contribution in [0, 0.1) is 35.7 Å². The van der Waals surface area contributed by atoms with E-state index in [9.17, 15) is 22.9 Å². The van der Waals surface area contributed by atoms with Gasteiger partial charge in [-0.1, -0.05) is 13.3 Å². The lowest BCUT2D eigenvalue weighted by atomic mass is 10.1. The number of rotatable bonds is 5. The zero-order chi connectivity index (χ0) is 15.9. The molecule has 1 aliphatic carbocycles. The molecule has 0 amide bonds. The van der Waals surface area contributed by atoms with Gasteiger partial charge in [0.25, 0.3) is 0 Å². The molecule has 1 saturated carbocycles. The standard InChI is InChI=1S/C13H17FN2O4S/c1-4-9-6-11(9)15-21(19,20)13-7(2)5-10(14)12(8(13)3)16(17)18/h5,9,11,15H,4,6H2,1-3H3. The molecule has 1 aromatic rings. The van der Waals surface area contributed by atoms with Gasteiger partial charge >= 0.3 is 5.69 Å². The Morgan fingerprint density at radius 1 is 1.48 bits per heavy atom. The molecule has 2 rings (SSSR count). The number of aryl methyl sites for hydroxylation is 1. The van der Waals surface area contributed by atoms with Crippen LogP contribution in [0.15, 0.2) is 11.0 Å². The summed E-state index contributed by atoms with van der Waals surface area (Å²) in [6.45, 7) is 4.66. The summed E-state index contributed by atoms with van der Waals surface area (Å²) in [6, 6.07) is 0.757. The van der Waals surface area contributed by atoms with Gasteiger partial charge < -0.3 is 0 Å². The maximum absolute atomic E-state index is 13.7. The van der Waals surface area contributed by atoms with Crippen molar-refractivity contribution in [3.63, 3.8) is 0 Å². The van der Waals surface area contributed by atoms with E-state index in [-0.39, 0.29) is 22.1 Å². The Balaban J connectivity index is 2.48. The molecule has 0 radical (unpaired) electrons. The van der Waals surface area contributed by atoms with Gasteiger partial charge in [-0.15, -0.1) is 0 Å². The quantitative estimate of drug-likeness (QED) is 0.667. The van der Waals surface area contributed by atoms with Gasteiger partial charge in [-0.3, -0.25) is 10.1 Å². The number of halogens is 1. The first kappa shape index (κ1) is 15.8. The highest BCUT2D eigenvalue weighted by molar-refractivity contribution is 7.89. The van der Waals surface area contributed by atoms with Crippen LogP contribution in [0.3, 0.4) is 0 Å². The molecule has 21 heavy (non-hydrogen) atoms. The topological polar surface area (TPSA) is 89.3 Å². The van der Waals surface area contributed by atoms with Crippen LogP contribution in [0.2, 0.25) is 0 Å². The third kappa shape index (κ3) is 2.91. The Hall–Kier alpha value is -1.54. The predicted molar refractivity (Wildman–Crippen MR) is 75.0 cm³/mol. The van der Waals surface area contributed by atoms with E-state index in [4.69, 9.17) is 0 Å². The Morgan fingerprint density at radius 3 is 2.57 bits per heavy atom. The summed E-state index contributed by atoms with van der Waals surface area (Å²) in [4.78, 5) is 9.83. The van der Waals surface area contributed by atoms with E-state index < -0.39 is 26.5 Å². The van der Waals surface area contributed by atoms with Crippen molar-refractivity contribution in [2.75, 3.05) is 0 Å². The van der Waals surface area contributed by atoms with Crippen LogP contribution in [-0.4, -0.2) is 19.4 Å². The number of hydrogen-bond acceptors (Lipinski definition) is 4. The summed E-state index contributed by atoms with van der Waals surface area (Å²) >= 11 is 0. The van der Waals surface area contributed by atoms with E-state index in [1.54, 1.807) is 0 Å². The normalized spacial score (nSPS) is 21.3. The number of nitro groups is 1. The van der Waals surface area contributed by atoms with Gasteiger partial charge in [-0.25, -0.2) is 13.1 Å². The van der Waals surface area contributed by atoms with Gasteiger partial charge in [0.1, 0.15) is 0 Å². The molecule has 1 aromatic carbocycles. The molecule has 0 saturated heterocycles. The first-order valence-electron chi connectivity index (χ1n) is 6.65. The molecule has 0 heterocycles. The predicted octanol–water partition coefficient (Wildman–Crippen LogP) is 2.43. The van der Waals surface area contributed by atoms with Crippen molar-refractivity contribution < 1.29 is 17.7 Å². The SMILES string of the molecule is CCC1CC1NS(=O)(=O)c1c(C)cc(F)c([N+](=O)[O-])c1C. The summed E-state index contributed by atoms with van der Waals surface area (Å²) < 4.78 is 41.0. The van der Waals surface area contributed by atoms with Gasteiger partial charge in [0.05, 0.1) is 15.4 Å². The average Bonchev–Trinajstić information content (AvgIpc) is 3.04. The number of hydrogen-bond donors (Lipinski definition) is 1. The van der Waals surface area contributed by atoms with E-state index in [0.717, 1.165) is 18.9 Å². The van der Waals surface area contributed by atoms with Crippen LogP contribution in [0.5, 0.6) is 0 Å². The van der Waals surface area contributed by atoms with Crippen LogP contribution in [0.25, 0.3) is 0 Å². The van der Waals surface area contributed by atoms with Crippen LogP contribution in [0.4, 0.5) is 10.1 Å². The molecule has 8 heteroatoms. The summed E-state index contributed by atoms with van der Waals surface area (Å²) in [5.41, 5.74) is -0.792. The summed E-state index contributed by atoms with van der Waals surface area (Å²) in [5, 5.41) is 10.9. The van der Waals surface area contributed by atoms with E-state index in [1.807, 2.05) is 6.92 Å². The fraction of sp³-hybridized carbons (Fsp3) is 0.538. The van der Waals surface area contributed by atoms with E-state index in [2.05, 4.69) is 4.72 Å². The lowest BCUT2D eigenvalue weighted by Gasteiger charge is -2.12. The van der Waals surface area contributed by atoms with Crippen molar-refractivity contribution in [3.8, 4) is 0 Å². The Labute approximate surface area is 122 Å². The van der Waals surface area contributed by atoms with E-state index in [1.165, 1.54) is 13.8 Å². The molecule has 1 aliphatic rings. The maximum Gasteiger partial charge on any atom is 0.309 e. The minimum absolute atomic E-state index is 0.136. The Kier molecular flexibility index (Phi) is 4.03. The largest absolute Gasteiger partial charge is 0.309 e. The fourth-order valence-electron chi connectivity index (χ4n) is 2.65. The first-order valence-corrected chi connectivity index (χ1v) is 8.13. The molecular formula is C13H17FN2O4S. The highest BCUT2D eigenvalue weighted by atomic mass is 32.2. The number of nitro benzene ring substituents is 1. The average molecular weight is 316 g/mol. The second-order valence-corrected chi connectivity index (χ2v) is 7.02. The molecule has 1 fully saturated rings. The lowest BCUT2D eigenvalue weighted by molar-refractivity contribution is -0.388. The fourth-order valence-corrected chi connectivity index (χ4v) is 4.43. The lowest BCUT2D eigenvalue weighted by Crippen LogP contribution is -2.28. The smallest absolute Gasteiger partial charge is 0.258 e. The maximum atomic E-state index is 13.7. The molecule has 116 valence electrons. The van der Waals surface area contributed by atoms with Crippen molar-refractivity contribution in [1.82, 2.24) is 4.72 Å². The number of nitrogens with one attached hydrogen (secondary N) is 1. The Morgan fingerprint density at radius 2 is 2.10 bits per heavy atom. The molecule has 0 aromatic heterocycles. The van der Waals surface area contributed by atoms with Crippen molar-refractivity contribution in [2.24, 2.45) is 5.92 Å². The zero-order valence-corrected chi connectivity index (χ0v) is 12.8. The first-order chi connectivity index (χ1) is 9.69. The van der Waals surface area contributed by atoms with Crippen LogP contribution >= 0.6 is 0 Å². The molecule has 2 atom stereocenters. The molecule has 2 unspecified atom stereocenters. The van der Waals surface area contributed by atoms with Gasteiger partial charge in [-0.05, 0) is 37.8 Å². The van der Waals surface area contributed by atoms with Gasteiger partial charge in [-0.2, -0.15) is 4.39 Å². The second kappa shape index (κ2) is 5.34. The molecule has 0 spiro atoms. The van der Waals surface area contributed by atoms with Crippen LogP contribution < -0.4 is 4.72 Å². The van der Waals surface area contributed by atoms with Crippen molar-refractivity contribution in [3.05, 3.63) is 33.1 Å². The highest BCUT2D eigenvalue weighted by Crippen LogP contribution is 2.36. The molecule has 6 nitrogen and oxygen atoms in total. The third-order valence-electron chi connectivity index (χ3n) is 3.83. The van der Waals surface area contributed by atoms with Gasteiger partial charge in [0, 0.05) is 6.04 Å². The zero-order valence-electron chi connectivity index (χ0n) is 12.0. The van der Waals surface area contributed by atoms with E-state index in [0.29, 0.717) is 5.92 Å². The molecule has 0 bridgehead atoms. The van der Waals surface area contributed by atoms with Crippen molar-refractivity contribution in [2.45, 2.75) is 44.6 Å². The van der Waals surface area contributed by atoms with Crippen LogP contribution in [-0.2, 0) is 10.0 Å². The highest BCUT2D eigenvalue weighted by Gasteiger charge is 2.40. The van der Waals surface area contributed by atoms with Crippen LogP contribution in [0.1, 0.15) is 30.9 Å². The van der Waals surface area contributed by atoms with Crippen molar-refractivity contribution in [1.29, 1.82) is 0 Å². The van der Waals surface area contributed by atoms with Crippen molar-refractivity contribution >= 4 is 15.7 Å². The van der Waals surface area contributed by atoms with E-state index >= 15 is 0 Å². The van der Waals surface area contributed by atoms with Gasteiger partial charge in [0.2, 0.25) is 15.8 Å². The number of sulfonamides is 1. The molecular weight excluding hydrogens is 299 g/mol. The number of benzene rings is 1. The Bertz CT molecular complexity index is 703. The molecule has 0 aliphatic heterocycles. The minimum atomic E-state index is -3.90. The summed E-state index contributed by atoms with van der Waals surface area (Å²) in [7, 11) is -3.90. The number of nitrogens with zero attached hydrogens (tertiary/aromatic N) is 1. The summed E-state index contributed by atoms with van der Waals surface area (Å²) in [5.74, 6) is -0.720. The molecule has 1 N–H and O–H groups in total. The minimum Gasteiger partial charge on any atom is -0.258 e. The third-order valence-corrected chi connectivity index (χ3v) is 5.61. The monoisotopic (exact) mass is 316 g/mol. The van der Waals surface area contributed by atoms with Gasteiger partial charge in [0.15, 0.2) is 0 Å².